The molecule has 1 saturated heterocycles. The Morgan fingerprint density at radius 2 is 2.54 bits per heavy atom. The smallest absolute Gasteiger partial charge is 0.124 e. The third kappa shape index (κ3) is 3.70. The Balaban J connectivity index is 0.000000845. The van der Waals surface area contributed by atoms with Crippen molar-refractivity contribution in [2.45, 2.75) is 18.9 Å². The topological polar surface area (TPSA) is 24.4 Å². The normalized spacial score (nSPS) is 27.1. The molecule has 1 atom stereocenters. The van der Waals surface area contributed by atoms with E-state index in [1.807, 2.05) is 23.5 Å². The summed E-state index contributed by atoms with van der Waals surface area (Å²) >= 11 is 3.84. The molecule has 76 valence electrons. The summed E-state index contributed by atoms with van der Waals surface area (Å²) in [5.74, 6) is 2.41. The van der Waals surface area contributed by atoms with Gasteiger partial charge in [0.2, 0.25) is 0 Å². The average Bonchev–Trinajstić information content (AvgIpc) is 2.74. The molecular formula is C8H15ClN2S2. The molecule has 0 aliphatic carbocycles. The fourth-order valence-corrected chi connectivity index (χ4v) is 3.61. The summed E-state index contributed by atoms with van der Waals surface area (Å²) in [6.45, 7) is 2.25. The lowest BCUT2D eigenvalue weighted by molar-refractivity contribution is 0.675. The van der Waals surface area contributed by atoms with Crippen LogP contribution in [0.2, 0.25) is 0 Å². The molecule has 13 heavy (non-hydrogen) atoms. The van der Waals surface area contributed by atoms with Crippen LogP contribution in [0, 0.1) is 0 Å². The number of hydrogen-bond acceptors (Lipinski definition) is 4. The second kappa shape index (κ2) is 6.17. The number of hydrogen-bond donors (Lipinski definition) is 1. The van der Waals surface area contributed by atoms with Crippen LogP contribution in [0.25, 0.3) is 0 Å². The molecule has 0 aromatic heterocycles. The largest absolute Gasteiger partial charge is 0.313 e. The maximum atomic E-state index is 4.41. The molecule has 0 radical (unpaired) electrons. The summed E-state index contributed by atoms with van der Waals surface area (Å²) in [4.78, 5) is 4.41. The SMILES string of the molecule is C1CNC(CSC2=NCCS2)C1.Cl. The summed E-state index contributed by atoms with van der Waals surface area (Å²) in [6, 6.07) is 0.749. The standard InChI is InChI=1S/C8H14N2S2.ClH/c1-2-7(9-3-1)6-12-8-10-4-5-11-8;/h7,9H,1-6H2;1H. The number of rotatable bonds is 2. The highest BCUT2D eigenvalue weighted by atomic mass is 35.5. The Hall–Kier alpha value is 0.620. The lowest BCUT2D eigenvalue weighted by atomic mass is 10.3. The van der Waals surface area contributed by atoms with Gasteiger partial charge >= 0.3 is 0 Å². The summed E-state index contributed by atoms with van der Waals surface area (Å²) in [6.07, 6.45) is 2.70. The first-order chi connectivity index (χ1) is 5.95. The molecule has 2 aliphatic heterocycles. The van der Waals surface area contributed by atoms with Gasteiger partial charge in [0.15, 0.2) is 0 Å². The molecule has 0 saturated carbocycles. The first-order valence-corrected chi connectivity index (χ1v) is 6.46. The Morgan fingerprint density at radius 1 is 1.62 bits per heavy atom. The van der Waals surface area contributed by atoms with E-state index in [4.69, 9.17) is 0 Å². The predicted molar refractivity (Wildman–Crippen MR) is 65.5 cm³/mol. The minimum atomic E-state index is 0. The summed E-state index contributed by atoms with van der Waals surface area (Å²) in [5, 5.41) is 3.50. The van der Waals surface area contributed by atoms with Crippen LogP contribution < -0.4 is 5.32 Å². The first-order valence-electron chi connectivity index (χ1n) is 4.48. The van der Waals surface area contributed by atoms with Gasteiger partial charge in [-0.25, -0.2) is 0 Å². The van der Waals surface area contributed by atoms with Gasteiger partial charge in [-0.3, -0.25) is 4.99 Å². The van der Waals surface area contributed by atoms with Crippen LogP contribution in [0.5, 0.6) is 0 Å². The van der Waals surface area contributed by atoms with E-state index in [1.54, 1.807) is 0 Å². The lowest BCUT2D eigenvalue weighted by Gasteiger charge is -2.07. The van der Waals surface area contributed by atoms with Crippen molar-refractivity contribution in [2.75, 3.05) is 24.6 Å². The van der Waals surface area contributed by atoms with E-state index in [2.05, 4.69) is 10.3 Å². The highest BCUT2D eigenvalue weighted by molar-refractivity contribution is 8.39. The van der Waals surface area contributed by atoms with E-state index in [-0.39, 0.29) is 12.4 Å². The van der Waals surface area contributed by atoms with Gasteiger partial charge in [0.1, 0.15) is 4.38 Å². The van der Waals surface area contributed by atoms with Crippen LogP contribution in [0.4, 0.5) is 0 Å². The molecule has 2 nitrogen and oxygen atoms in total. The molecular weight excluding hydrogens is 224 g/mol. The Morgan fingerprint density at radius 3 is 3.15 bits per heavy atom. The number of thioether (sulfide) groups is 2. The molecule has 2 aliphatic rings. The van der Waals surface area contributed by atoms with E-state index >= 15 is 0 Å². The monoisotopic (exact) mass is 238 g/mol. The van der Waals surface area contributed by atoms with Gasteiger partial charge in [-0.05, 0) is 19.4 Å². The molecule has 0 aromatic carbocycles. The van der Waals surface area contributed by atoms with Crippen molar-refractivity contribution < 1.29 is 0 Å². The van der Waals surface area contributed by atoms with Crippen LogP contribution in [-0.4, -0.2) is 35.0 Å². The first kappa shape index (κ1) is 11.7. The maximum absolute atomic E-state index is 4.41. The van der Waals surface area contributed by atoms with Crippen molar-refractivity contribution >= 4 is 40.3 Å². The molecule has 0 aromatic rings. The lowest BCUT2D eigenvalue weighted by Crippen LogP contribution is -2.23. The van der Waals surface area contributed by atoms with Gasteiger partial charge in [-0.2, -0.15) is 0 Å². The van der Waals surface area contributed by atoms with Gasteiger partial charge in [-0.15, -0.1) is 12.4 Å². The molecule has 0 amide bonds. The zero-order valence-corrected chi connectivity index (χ0v) is 9.94. The fourth-order valence-electron chi connectivity index (χ4n) is 1.47. The predicted octanol–water partition coefficient (Wildman–Crippen LogP) is 2.00. The highest BCUT2D eigenvalue weighted by Gasteiger charge is 2.16. The fraction of sp³-hybridized carbons (Fsp3) is 0.875. The Kier molecular flexibility index (Phi) is 5.55. The molecule has 2 rings (SSSR count). The van der Waals surface area contributed by atoms with Gasteiger partial charge in [0.25, 0.3) is 0 Å². The second-order valence-electron chi connectivity index (χ2n) is 3.10. The molecule has 1 unspecified atom stereocenters. The molecule has 2 heterocycles. The van der Waals surface area contributed by atoms with Crippen LogP contribution in [0.1, 0.15) is 12.8 Å². The zero-order valence-electron chi connectivity index (χ0n) is 7.49. The second-order valence-corrected chi connectivity index (χ2v) is 5.45. The number of nitrogens with one attached hydrogen (secondary N) is 1. The summed E-state index contributed by atoms with van der Waals surface area (Å²) in [5.41, 5.74) is 0. The van der Waals surface area contributed by atoms with Gasteiger partial charge in [0, 0.05) is 17.5 Å². The third-order valence-corrected chi connectivity index (χ3v) is 4.54. The van der Waals surface area contributed by atoms with E-state index in [9.17, 15) is 0 Å². The molecule has 1 fully saturated rings. The van der Waals surface area contributed by atoms with E-state index in [0.717, 1.165) is 12.6 Å². The number of aliphatic imine (C=N–C) groups is 1. The van der Waals surface area contributed by atoms with E-state index in [1.165, 1.54) is 35.3 Å². The van der Waals surface area contributed by atoms with Crippen molar-refractivity contribution in [2.24, 2.45) is 4.99 Å². The van der Waals surface area contributed by atoms with Crippen molar-refractivity contribution in [3.05, 3.63) is 0 Å². The highest BCUT2D eigenvalue weighted by Crippen LogP contribution is 2.23. The van der Waals surface area contributed by atoms with E-state index < -0.39 is 0 Å². The van der Waals surface area contributed by atoms with E-state index in [0.29, 0.717) is 0 Å². The molecule has 5 heteroatoms. The summed E-state index contributed by atoms with van der Waals surface area (Å²) in [7, 11) is 0. The van der Waals surface area contributed by atoms with Crippen molar-refractivity contribution in [3.8, 4) is 0 Å². The molecule has 1 N–H and O–H groups in total. The third-order valence-electron chi connectivity index (χ3n) is 2.13. The Labute approximate surface area is 94.1 Å². The van der Waals surface area contributed by atoms with Gasteiger partial charge in [-0.1, -0.05) is 23.5 Å². The van der Waals surface area contributed by atoms with Crippen molar-refractivity contribution in [1.29, 1.82) is 0 Å². The van der Waals surface area contributed by atoms with Crippen LogP contribution in [0.15, 0.2) is 4.99 Å². The maximum Gasteiger partial charge on any atom is 0.124 e. The minimum Gasteiger partial charge on any atom is -0.313 e. The van der Waals surface area contributed by atoms with Gasteiger partial charge < -0.3 is 5.32 Å². The average molecular weight is 239 g/mol. The number of nitrogens with zero attached hydrogens (tertiary/aromatic N) is 1. The van der Waals surface area contributed by atoms with Crippen LogP contribution >= 0.6 is 35.9 Å². The van der Waals surface area contributed by atoms with Crippen molar-refractivity contribution in [3.63, 3.8) is 0 Å². The Bertz CT molecular complexity index is 181. The van der Waals surface area contributed by atoms with Crippen LogP contribution in [-0.2, 0) is 0 Å². The zero-order chi connectivity index (χ0) is 8.23. The van der Waals surface area contributed by atoms with Gasteiger partial charge in [0.05, 0.1) is 6.54 Å². The molecule has 0 spiro atoms. The quantitative estimate of drug-likeness (QED) is 0.797. The summed E-state index contributed by atoms with van der Waals surface area (Å²) < 4.78 is 1.31. The van der Waals surface area contributed by atoms with Crippen molar-refractivity contribution in [1.82, 2.24) is 5.32 Å². The minimum absolute atomic E-state index is 0. The number of halogens is 1. The molecule has 0 bridgehead atoms. The van der Waals surface area contributed by atoms with Crippen LogP contribution in [0.3, 0.4) is 0 Å².